The van der Waals surface area contributed by atoms with Crippen LogP contribution in [0.1, 0.15) is 18.4 Å². The van der Waals surface area contributed by atoms with Gasteiger partial charge in [0.15, 0.2) is 18.9 Å². The van der Waals surface area contributed by atoms with Gasteiger partial charge in [0.05, 0.1) is 38.5 Å². The highest BCUT2D eigenvalue weighted by atomic mass is 32.2. The maximum absolute atomic E-state index is 10.9. The van der Waals surface area contributed by atoms with Crippen molar-refractivity contribution in [1.29, 1.82) is 0 Å². The number of aromatic nitrogens is 1. The molecule has 0 unspecified atom stereocenters. The van der Waals surface area contributed by atoms with E-state index in [9.17, 15) is 8.42 Å². The van der Waals surface area contributed by atoms with Crippen molar-refractivity contribution >= 4 is 10.1 Å². The van der Waals surface area contributed by atoms with Gasteiger partial charge in [-0.3, -0.25) is 4.55 Å². The van der Waals surface area contributed by atoms with Gasteiger partial charge in [-0.2, -0.15) is 8.42 Å². The molecule has 1 saturated heterocycles. The molecule has 0 saturated carbocycles. The Kier molecular flexibility index (Phi) is 6.52. The average molecular weight is 344 g/mol. The van der Waals surface area contributed by atoms with E-state index in [1.807, 2.05) is 0 Å². The molecule has 0 spiro atoms. The lowest BCUT2D eigenvalue weighted by Crippen LogP contribution is -2.56. The maximum atomic E-state index is 10.9. The molecule has 23 heavy (non-hydrogen) atoms. The van der Waals surface area contributed by atoms with Crippen LogP contribution in [0.2, 0.25) is 0 Å². The van der Waals surface area contributed by atoms with Crippen molar-refractivity contribution in [2.24, 2.45) is 0 Å². The zero-order valence-corrected chi connectivity index (χ0v) is 14.7. The van der Waals surface area contributed by atoms with E-state index < -0.39 is 10.1 Å². The SMILES string of the molecule is Cc1cc[n+](CCC[N+]2(CCCS(=O)(=O)O)CCOCC2)cc1. The molecule has 2 rings (SSSR count). The topological polar surface area (TPSA) is 67.5 Å². The number of hydrogen-bond donors (Lipinski definition) is 1. The van der Waals surface area contributed by atoms with Crippen LogP contribution in [0.3, 0.4) is 0 Å². The molecule has 0 aliphatic carbocycles. The number of pyridine rings is 1. The first-order valence-corrected chi connectivity index (χ1v) is 9.83. The summed E-state index contributed by atoms with van der Waals surface area (Å²) in [5.74, 6) is -0.152. The van der Waals surface area contributed by atoms with Crippen molar-refractivity contribution < 1.29 is 26.8 Å². The first kappa shape index (κ1) is 18.3. The van der Waals surface area contributed by atoms with Crippen LogP contribution in [-0.4, -0.2) is 62.6 Å². The Hall–Kier alpha value is -1.02. The zero-order valence-electron chi connectivity index (χ0n) is 13.9. The van der Waals surface area contributed by atoms with Crippen LogP contribution in [0, 0.1) is 6.92 Å². The molecule has 1 fully saturated rings. The van der Waals surface area contributed by atoms with Gasteiger partial charge >= 0.3 is 0 Å². The van der Waals surface area contributed by atoms with Crippen LogP contribution in [-0.2, 0) is 21.4 Å². The van der Waals surface area contributed by atoms with Crippen LogP contribution >= 0.6 is 0 Å². The van der Waals surface area contributed by atoms with E-state index in [4.69, 9.17) is 9.29 Å². The van der Waals surface area contributed by atoms with E-state index in [0.29, 0.717) is 6.42 Å². The number of quaternary nitrogens is 1. The Labute approximate surface area is 139 Å². The number of nitrogens with zero attached hydrogens (tertiary/aromatic N) is 2. The van der Waals surface area contributed by atoms with Gasteiger partial charge in [0, 0.05) is 18.6 Å². The van der Waals surface area contributed by atoms with E-state index in [1.165, 1.54) is 5.56 Å². The summed E-state index contributed by atoms with van der Waals surface area (Å²) in [5, 5.41) is 0. The summed E-state index contributed by atoms with van der Waals surface area (Å²) in [5.41, 5.74) is 1.25. The molecular weight excluding hydrogens is 316 g/mol. The van der Waals surface area contributed by atoms with Crippen molar-refractivity contribution in [3.05, 3.63) is 30.1 Å². The highest BCUT2D eigenvalue weighted by Crippen LogP contribution is 2.14. The second kappa shape index (κ2) is 8.19. The predicted octanol–water partition coefficient (Wildman–Crippen LogP) is 0.798. The van der Waals surface area contributed by atoms with Gasteiger partial charge in [-0.1, -0.05) is 0 Å². The monoisotopic (exact) mass is 344 g/mol. The Bertz CT molecular complexity index is 581. The Morgan fingerprint density at radius 1 is 1.17 bits per heavy atom. The third kappa shape index (κ3) is 6.55. The van der Waals surface area contributed by atoms with Gasteiger partial charge in [0.1, 0.15) is 13.1 Å². The lowest BCUT2D eigenvalue weighted by Gasteiger charge is -2.41. The summed E-state index contributed by atoms with van der Waals surface area (Å²) in [6, 6.07) is 4.20. The highest BCUT2D eigenvalue weighted by molar-refractivity contribution is 7.85. The second-order valence-electron chi connectivity index (χ2n) is 6.45. The zero-order chi connectivity index (χ0) is 16.8. The quantitative estimate of drug-likeness (QED) is 0.430. The van der Waals surface area contributed by atoms with E-state index in [-0.39, 0.29) is 5.75 Å². The predicted molar refractivity (Wildman–Crippen MR) is 87.6 cm³/mol. The lowest BCUT2D eigenvalue weighted by atomic mass is 10.2. The van der Waals surface area contributed by atoms with Gasteiger partial charge < -0.3 is 9.22 Å². The second-order valence-corrected chi connectivity index (χ2v) is 8.03. The Balaban J connectivity index is 1.86. The molecule has 1 aromatic rings. The molecule has 6 nitrogen and oxygen atoms in total. The van der Waals surface area contributed by atoms with Gasteiger partial charge in [-0.15, -0.1) is 0 Å². The molecule has 0 bridgehead atoms. The molecule has 0 radical (unpaired) electrons. The molecule has 2 heterocycles. The molecular formula is C16H28N2O4S+2. The van der Waals surface area contributed by atoms with Gasteiger partial charge in [-0.05, 0) is 12.5 Å². The molecule has 0 aromatic carbocycles. The summed E-state index contributed by atoms with van der Waals surface area (Å²) >= 11 is 0. The maximum Gasteiger partial charge on any atom is 0.265 e. The fourth-order valence-corrected chi connectivity index (χ4v) is 3.64. The highest BCUT2D eigenvalue weighted by Gasteiger charge is 2.30. The van der Waals surface area contributed by atoms with E-state index in [1.54, 1.807) is 0 Å². The minimum absolute atomic E-state index is 0.152. The van der Waals surface area contributed by atoms with E-state index in [2.05, 4.69) is 36.0 Å². The number of rotatable bonds is 8. The summed E-state index contributed by atoms with van der Waals surface area (Å²) in [7, 11) is -3.86. The van der Waals surface area contributed by atoms with Gasteiger partial charge in [0.25, 0.3) is 10.1 Å². The van der Waals surface area contributed by atoms with Crippen molar-refractivity contribution in [2.45, 2.75) is 26.3 Å². The number of aryl methyl sites for hydroxylation is 2. The first-order valence-electron chi connectivity index (χ1n) is 8.22. The minimum atomic E-state index is -3.86. The molecule has 1 N–H and O–H groups in total. The standard InChI is InChI=1S/C16H27N2O4S/c1-16-4-7-17(8-5-16)6-2-9-18(11-13-22-14-12-18)10-3-15-23(19,20)21/h4-5,7-8H,2-3,6,9-15H2,1H3/q+1/p+1. The summed E-state index contributed by atoms with van der Waals surface area (Å²) < 4.78 is 39.3. The molecule has 1 aliphatic rings. The van der Waals surface area contributed by atoms with Crippen LogP contribution in [0.15, 0.2) is 24.5 Å². The normalized spacial score (nSPS) is 18.0. The molecule has 130 valence electrons. The third-order valence-electron chi connectivity index (χ3n) is 4.56. The Morgan fingerprint density at radius 2 is 1.78 bits per heavy atom. The van der Waals surface area contributed by atoms with Crippen molar-refractivity contribution in [1.82, 2.24) is 0 Å². The smallest absolute Gasteiger partial charge is 0.265 e. The van der Waals surface area contributed by atoms with Crippen LogP contribution < -0.4 is 4.57 Å². The van der Waals surface area contributed by atoms with E-state index in [0.717, 1.165) is 56.8 Å². The molecule has 7 heteroatoms. The van der Waals surface area contributed by atoms with Crippen molar-refractivity contribution in [2.75, 3.05) is 45.1 Å². The third-order valence-corrected chi connectivity index (χ3v) is 5.37. The van der Waals surface area contributed by atoms with Crippen molar-refractivity contribution in [3.63, 3.8) is 0 Å². The van der Waals surface area contributed by atoms with Gasteiger partial charge in [0.2, 0.25) is 0 Å². The van der Waals surface area contributed by atoms with Crippen LogP contribution in [0.5, 0.6) is 0 Å². The largest absolute Gasteiger partial charge is 0.370 e. The summed E-state index contributed by atoms with van der Waals surface area (Å²) in [6.07, 6.45) is 5.73. The first-order chi connectivity index (χ1) is 10.9. The van der Waals surface area contributed by atoms with Crippen LogP contribution in [0.25, 0.3) is 0 Å². The number of ether oxygens (including phenoxy) is 1. The molecule has 0 atom stereocenters. The summed E-state index contributed by atoms with van der Waals surface area (Å²) in [6.45, 7) is 8.12. The van der Waals surface area contributed by atoms with Crippen LogP contribution in [0.4, 0.5) is 0 Å². The minimum Gasteiger partial charge on any atom is -0.370 e. The molecule has 0 amide bonds. The fraction of sp³-hybridized carbons (Fsp3) is 0.688. The fourth-order valence-electron chi connectivity index (χ4n) is 3.14. The number of morpholine rings is 1. The Morgan fingerprint density at radius 3 is 2.39 bits per heavy atom. The van der Waals surface area contributed by atoms with Gasteiger partial charge in [-0.25, -0.2) is 4.57 Å². The van der Waals surface area contributed by atoms with E-state index >= 15 is 0 Å². The molecule has 1 aromatic heterocycles. The average Bonchev–Trinajstić information content (AvgIpc) is 2.49. The molecule has 1 aliphatic heterocycles. The van der Waals surface area contributed by atoms with Crippen molar-refractivity contribution in [3.8, 4) is 0 Å². The summed E-state index contributed by atoms with van der Waals surface area (Å²) in [4.78, 5) is 0. The number of hydrogen-bond acceptors (Lipinski definition) is 3. The lowest BCUT2D eigenvalue weighted by molar-refractivity contribution is -0.937.